The van der Waals surface area contributed by atoms with Gasteiger partial charge >= 0.3 is 83.4 Å². The second-order valence-electron chi connectivity index (χ2n) is 13.5. The van der Waals surface area contributed by atoms with Crippen LogP contribution in [0, 0.1) is 0 Å². The molecule has 0 aliphatic heterocycles. The molecule has 0 heterocycles. The Kier molecular flexibility index (Phi) is 13.9. The molecule has 0 radical (unpaired) electrons. The first-order valence-electron chi connectivity index (χ1n) is 16.3. The van der Waals surface area contributed by atoms with E-state index in [2.05, 4.69) is 0 Å². The van der Waals surface area contributed by atoms with Gasteiger partial charge in [-0.25, -0.2) is 0 Å². The van der Waals surface area contributed by atoms with Crippen molar-refractivity contribution in [1.82, 2.24) is 0 Å². The van der Waals surface area contributed by atoms with E-state index in [9.17, 15) is 132 Å². The predicted octanol–water partition coefficient (Wildman–Crippen LogP) is 13.3. The van der Waals surface area contributed by atoms with Gasteiger partial charge in [0.2, 0.25) is 0 Å². The number of hydrogen-bond donors (Lipinski definition) is 0. The van der Waals surface area contributed by atoms with Gasteiger partial charge in [0.15, 0.2) is 0 Å². The molecule has 3 aromatic rings. The molecule has 3 rings (SSSR count). The van der Waals surface area contributed by atoms with Crippen molar-refractivity contribution in [2.75, 3.05) is 0 Å². The Morgan fingerprint density at radius 2 is 0.462 bits per heavy atom. The molecule has 65 heavy (non-hydrogen) atoms. The lowest BCUT2D eigenvalue weighted by atomic mass is 9.89. The first-order chi connectivity index (χ1) is 28.6. The van der Waals surface area contributed by atoms with Gasteiger partial charge < -0.3 is 0 Å². The quantitative estimate of drug-likeness (QED) is 0.0934. The van der Waals surface area contributed by atoms with Crippen molar-refractivity contribution in [1.29, 1.82) is 0 Å². The molecule has 0 aliphatic rings. The molecule has 31 heteroatoms. The van der Waals surface area contributed by atoms with E-state index in [1.165, 1.54) is 30.3 Å². The fourth-order valence-electron chi connectivity index (χ4n) is 5.28. The summed E-state index contributed by atoms with van der Waals surface area (Å²) in [5.41, 5.74) is -2.62. The van der Waals surface area contributed by atoms with Crippen molar-refractivity contribution in [3.05, 3.63) is 90.0 Å². The molecule has 0 N–H and O–H groups in total. The predicted molar refractivity (Wildman–Crippen MR) is 164 cm³/mol. The number of benzene rings is 3. The SMILES string of the molecule is FC(F)(F)C(F)(F)C(F)(F)C(F)(F)C(F)(F)C(F)(F)C(F)(F)Cc1ccc(P(c2ccccc2)c2ccc(CC(F)(F)C(F)(F)C(F)(F)C(F)(F)C(F)(F)C(F)(F)C(F)(F)F)cc2)cc1. The minimum absolute atomic E-state index is 0.0775. The summed E-state index contributed by atoms with van der Waals surface area (Å²) in [7, 11) is -2.32. The van der Waals surface area contributed by atoms with Gasteiger partial charge in [-0.1, -0.05) is 78.9 Å². The molecule has 0 atom stereocenters. The fourth-order valence-corrected chi connectivity index (χ4v) is 7.54. The Hall–Kier alpha value is -4.01. The fraction of sp³-hybridized carbons (Fsp3) is 0.471. The lowest BCUT2D eigenvalue weighted by Crippen LogP contribution is -2.72. The van der Waals surface area contributed by atoms with Crippen molar-refractivity contribution in [3.8, 4) is 0 Å². The Bertz CT molecular complexity index is 1970. The van der Waals surface area contributed by atoms with Crippen LogP contribution in [0.1, 0.15) is 11.1 Å². The molecule has 0 spiro atoms. The number of alkyl halides is 30. The second kappa shape index (κ2) is 16.4. The Morgan fingerprint density at radius 1 is 0.246 bits per heavy atom. The van der Waals surface area contributed by atoms with E-state index >= 15 is 0 Å². The maximum absolute atomic E-state index is 14.6. The summed E-state index contributed by atoms with van der Waals surface area (Å²) in [6.07, 6.45) is -21.4. The zero-order valence-electron chi connectivity index (χ0n) is 30.2. The third-order valence-corrected chi connectivity index (χ3v) is 11.5. The van der Waals surface area contributed by atoms with Gasteiger partial charge in [0.25, 0.3) is 0 Å². The lowest BCUT2D eigenvalue weighted by Gasteiger charge is -2.41. The zero-order chi connectivity index (χ0) is 51.1. The van der Waals surface area contributed by atoms with Crippen molar-refractivity contribution in [3.63, 3.8) is 0 Å². The van der Waals surface area contributed by atoms with Gasteiger partial charge in [-0.05, 0) is 35.0 Å². The summed E-state index contributed by atoms with van der Waals surface area (Å²) >= 11 is 0. The van der Waals surface area contributed by atoms with Crippen molar-refractivity contribution in [2.24, 2.45) is 0 Å². The molecule has 0 saturated carbocycles. The highest BCUT2D eigenvalue weighted by atomic mass is 31.1. The zero-order valence-corrected chi connectivity index (χ0v) is 31.1. The van der Waals surface area contributed by atoms with E-state index in [-0.39, 0.29) is 15.9 Å². The first-order valence-corrected chi connectivity index (χ1v) is 17.6. The minimum Gasteiger partial charge on any atom is -0.199 e. The molecular formula is C34H17F30P. The summed E-state index contributed by atoms with van der Waals surface area (Å²) < 4.78 is 409. The second-order valence-corrected chi connectivity index (χ2v) is 15.7. The highest BCUT2D eigenvalue weighted by Crippen LogP contribution is 2.64. The van der Waals surface area contributed by atoms with Gasteiger partial charge in [0.05, 0.1) is 0 Å². The molecule has 0 unspecified atom stereocenters. The topological polar surface area (TPSA) is 0 Å². The third kappa shape index (κ3) is 8.51. The van der Waals surface area contributed by atoms with E-state index in [4.69, 9.17) is 0 Å². The van der Waals surface area contributed by atoms with Crippen LogP contribution in [0.25, 0.3) is 0 Å². The summed E-state index contributed by atoms with van der Waals surface area (Å²) in [6.45, 7) is 0. The molecule has 0 aromatic heterocycles. The van der Waals surface area contributed by atoms with E-state index < -0.39 is 115 Å². The van der Waals surface area contributed by atoms with Crippen LogP contribution in [0.4, 0.5) is 132 Å². The van der Waals surface area contributed by atoms with E-state index in [0.717, 1.165) is 0 Å². The van der Waals surface area contributed by atoms with Crippen LogP contribution in [-0.2, 0) is 12.8 Å². The number of halogens is 30. The molecule has 0 fully saturated rings. The summed E-state index contributed by atoms with van der Waals surface area (Å²) in [5, 5.41) is -0.397. The minimum atomic E-state index is -8.55. The molecule has 0 saturated heterocycles. The van der Waals surface area contributed by atoms with Crippen molar-refractivity contribution < 1.29 is 132 Å². The molecule has 0 bridgehead atoms. The highest BCUT2D eigenvalue weighted by molar-refractivity contribution is 7.79. The molecule has 0 nitrogen and oxygen atoms in total. The maximum atomic E-state index is 14.6. The van der Waals surface area contributed by atoms with Gasteiger partial charge in [-0.15, -0.1) is 0 Å². The van der Waals surface area contributed by atoms with E-state index in [0.29, 0.717) is 48.5 Å². The summed E-state index contributed by atoms with van der Waals surface area (Å²) in [5.74, 6) is -96.3. The number of hydrogen-bond acceptors (Lipinski definition) is 0. The van der Waals surface area contributed by atoms with Crippen LogP contribution in [0.15, 0.2) is 78.9 Å². The van der Waals surface area contributed by atoms with Crippen LogP contribution >= 0.6 is 7.92 Å². The van der Waals surface area contributed by atoms with Crippen LogP contribution in [0.5, 0.6) is 0 Å². The molecule has 0 amide bonds. The molecular weight excluding hydrogens is 1010 g/mol. The third-order valence-electron chi connectivity index (χ3n) is 9.04. The highest BCUT2D eigenvalue weighted by Gasteiger charge is 2.94. The monoisotopic (exact) mass is 1030 g/mol. The van der Waals surface area contributed by atoms with Gasteiger partial charge in [-0.3, -0.25) is 0 Å². The molecule has 0 aliphatic carbocycles. The Morgan fingerprint density at radius 3 is 0.708 bits per heavy atom. The van der Waals surface area contributed by atoms with Gasteiger partial charge in [0.1, 0.15) is 0 Å². The van der Waals surface area contributed by atoms with Gasteiger partial charge in [-0.2, -0.15) is 132 Å². The van der Waals surface area contributed by atoms with E-state index in [1.54, 1.807) is 0 Å². The standard InChI is InChI=1S/C34H17F30P/c35-21(36,23(39,40)25(43,44)27(47,48)29(51,52)31(55,56)33(59,60)61)14-16-6-10-19(11-7-16)65(18-4-2-1-3-5-18)20-12-8-17(9-13-20)15-22(37,38)24(41,42)26(45,46)28(49,50)30(53,54)32(57,58)34(62,63)64/h1-13H,14-15H2. The largest absolute Gasteiger partial charge is 0.460 e. The number of rotatable bonds is 17. The van der Waals surface area contributed by atoms with Crippen LogP contribution < -0.4 is 15.9 Å². The summed E-state index contributed by atoms with van der Waals surface area (Å²) in [6, 6.07) is 10.0. The lowest BCUT2D eigenvalue weighted by molar-refractivity contribution is -0.452. The first kappa shape index (κ1) is 55.3. The average Bonchev–Trinajstić information content (AvgIpc) is 3.14. The summed E-state index contributed by atoms with van der Waals surface area (Å²) in [4.78, 5) is 0. The van der Waals surface area contributed by atoms with Crippen LogP contribution in [-0.4, -0.2) is 83.4 Å². The average molecular weight is 1030 g/mol. The van der Waals surface area contributed by atoms with Gasteiger partial charge in [0, 0.05) is 12.8 Å². The normalized spacial score (nSPS) is 15.5. The van der Waals surface area contributed by atoms with Crippen LogP contribution in [0.3, 0.4) is 0 Å². The maximum Gasteiger partial charge on any atom is 0.460 e. The molecule has 3 aromatic carbocycles. The van der Waals surface area contributed by atoms with Crippen molar-refractivity contribution >= 4 is 23.8 Å². The smallest absolute Gasteiger partial charge is 0.199 e. The molecule has 368 valence electrons. The Labute approximate surface area is 342 Å². The Balaban J connectivity index is 1.99. The van der Waals surface area contributed by atoms with Crippen molar-refractivity contribution in [2.45, 2.75) is 96.3 Å². The van der Waals surface area contributed by atoms with E-state index in [1.807, 2.05) is 0 Å². The van der Waals surface area contributed by atoms with Crippen LogP contribution in [0.2, 0.25) is 0 Å².